The maximum Gasteiger partial charge on any atom is 0.251 e. The van der Waals surface area contributed by atoms with Crippen molar-refractivity contribution in [2.75, 3.05) is 64.5 Å². The first kappa shape index (κ1) is 25.6. The number of anilines is 1. The van der Waals surface area contributed by atoms with E-state index in [9.17, 15) is 14.4 Å². The minimum absolute atomic E-state index is 0.0507. The summed E-state index contributed by atoms with van der Waals surface area (Å²) >= 11 is 0. The number of amides is 2. The van der Waals surface area contributed by atoms with Crippen LogP contribution in [0.1, 0.15) is 37.0 Å². The summed E-state index contributed by atoms with van der Waals surface area (Å²) in [4.78, 5) is 45.2. The van der Waals surface area contributed by atoms with Gasteiger partial charge in [0.25, 0.3) is 5.91 Å². The first-order valence-corrected chi connectivity index (χ1v) is 12.7. The van der Waals surface area contributed by atoms with Crippen LogP contribution in [0.25, 0.3) is 0 Å². The fraction of sp³-hybridized carbons (Fsp3) is 0.654. The summed E-state index contributed by atoms with van der Waals surface area (Å²) in [5, 5.41) is 2.97. The number of rotatable bonds is 9. The monoisotopic (exact) mass is 486 g/mol. The van der Waals surface area contributed by atoms with Crippen LogP contribution in [0.3, 0.4) is 0 Å². The maximum absolute atomic E-state index is 13.4. The lowest BCUT2D eigenvalue weighted by molar-refractivity contribution is -0.139. The second-order valence-corrected chi connectivity index (χ2v) is 9.79. The van der Waals surface area contributed by atoms with Gasteiger partial charge in [0.2, 0.25) is 5.91 Å². The Morgan fingerprint density at radius 2 is 1.86 bits per heavy atom. The summed E-state index contributed by atoms with van der Waals surface area (Å²) in [7, 11) is 1.72. The molecule has 0 saturated carbocycles. The summed E-state index contributed by atoms with van der Waals surface area (Å²) in [6, 6.07) is 6.39. The van der Waals surface area contributed by atoms with Gasteiger partial charge in [0.05, 0.1) is 12.7 Å². The summed E-state index contributed by atoms with van der Waals surface area (Å²) in [6.07, 6.45) is 1.18. The smallest absolute Gasteiger partial charge is 0.251 e. The molecule has 3 saturated heterocycles. The lowest BCUT2D eigenvalue weighted by atomic mass is 9.96. The number of carbonyl (C=O) groups excluding carboxylic acids is 3. The van der Waals surface area contributed by atoms with Gasteiger partial charge in [-0.2, -0.15) is 0 Å². The number of nitrogens with one attached hydrogen (secondary N) is 1. The third kappa shape index (κ3) is 5.68. The standard InChI is InChI=1S/C26H38N4O5/c1-4-18(2)23(26(33)30-10-9-22-24(30)21(31)17-35-22)27-25(32)19-5-7-20(8-6-19)29-13-11-28(12-14-29)15-16-34-3/h5-8,18,22-24H,4,9-17H2,1-3H3,(H,27,32)/t18?,22-,23?,24-/m1/s1. The average Bonchev–Trinajstić information content (AvgIpc) is 3.48. The van der Waals surface area contributed by atoms with E-state index in [4.69, 9.17) is 9.47 Å². The fourth-order valence-electron chi connectivity index (χ4n) is 5.20. The van der Waals surface area contributed by atoms with Crippen LogP contribution in [0.4, 0.5) is 5.69 Å². The molecular formula is C26H38N4O5. The molecule has 1 aromatic carbocycles. The number of ketones is 1. The molecule has 4 atom stereocenters. The number of nitrogens with zero attached hydrogens (tertiary/aromatic N) is 3. The number of ether oxygens (including phenoxy) is 2. The molecule has 2 unspecified atom stereocenters. The quantitative estimate of drug-likeness (QED) is 0.560. The average molecular weight is 487 g/mol. The van der Waals surface area contributed by atoms with Crippen molar-refractivity contribution >= 4 is 23.3 Å². The maximum atomic E-state index is 13.4. The van der Waals surface area contributed by atoms with Gasteiger partial charge in [0, 0.05) is 57.6 Å². The van der Waals surface area contributed by atoms with Crippen molar-refractivity contribution in [1.82, 2.24) is 15.1 Å². The highest BCUT2D eigenvalue weighted by atomic mass is 16.5. The molecule has 192 valence electrons. The Morgan fingerprint density at radius 3 is 2.51 bits per heavy atom. The molecule has 4 rings (SSSR count). The Balaban J connectivity index is 1.38. The second-order valence-electron chi connectivity index (χ2n) is 9.79. The van der Waals surface area contributed by atoms with Gasteiger partial charge in [-0.15, -0.1) is 0 Å². The molecule has 3 heterocycles. The molecule has 1 N–H and O–H groups in total. The van der Waals surface area contributed by atoms with Crippen LogP contribution in [-0.2, 0) is 19.1 Å². The van der Waals surface area contributed by atoms with Gasteiger partial charge in [-0.05, 0) is 36.6 Å². The van der Waals surface area contributed by atoms with Gasteiger partial charge < -0.3 is 24.6 Å². The van der Waals surface area contributed by atoms with Crippen molar-refractivity contribution in [1.29, 1.82) is 0 Å². The Morgan fingerprint density at radius 1 is 1.14 bits per heavy atom. The molecule has 0 aromatic heterocycles. The van der Waals surface area contributed by atoms with Crippen LogP contribution in [0.15, 0.2) is 24.3 Å². The summed E-state index contributed by atoms with van der Waals surface area (Å²) in [5.74, 6) is -0.576. The van der Waals surface area contributed by atoms with Crippen molar-refractivity contribution in [2.24, 2.45) is 5.92 Å². The molecule has 3 aliphatic rings. The molecule has 1 aromatic rings. The third-order valence-electron chi connectivity index (χ3n) is 7.64. The van der Waals surface area contributed by atoms with E-state index < -0.39 is 12.1 Å². The minimum atomic E-state index is -0.681. The van der Waals surface area contributed by atoms with Gasteiger partial charge in [-0.25, -0.2) is 0 Å². The summed E-state index contributed by atoms with van der Waals surface area (Å²) < 4.78 is 10.7. The molecule has 0 radical (unpaired) electrons. The zero-order valence-electron chi connectivity index (χ0n) is 21.1. The van der Waals surface area contributed by atoms with E-state index in [1.165, 1.54) is 0 Å². The number of hydrogen-bond acceptors (Lipinski definition) is 7. The molecule has 9 nitrogen and oxygen atoms in total. The number of benzene rings is 1. The predicted molar refractivity (Wildman–Crippen MR) is 133 cm³/mol. The first-order valence-electron chi connectivity index (χ1n) is 12.7. The van der Waals surface area contributed by atoms with Crippen LogP contribution in [0.2, 0.25) is 0 Å². The van der Waals surface area contributed by atoms with Gasteiger partial charge in [0.15, 0.2) is 5.78 Å². The lowest BCUT2D eigenvalue weighted by Gasteiger charge is -2.36. The molecule has 0 bridgehead atoms. The Labute approximate surface area is 207 Å². The molecule has 0 aliphatic carbocycles. The van der Waals surface area contributed by atoms with Crippen molar-refractivity contribution in [3.05, 3.63) is 29.8 Å². The van der Waals surface area contributed by atoms with Crippen LogP contribution in [0, 0.1) is 5.92 Å². The first-order chi connectivity index (χ1) is 16.9. The lowest BCUT2D eigenvalue weighted by Crippen LogP contribution is -2.54. The highest BCUT2D eigenvalue weighted by Crippen LogP contribution is 2.28. The third-order valence-corrected chi connectivity index (χ3v) is 7.64. The van der Waals surface area contributed by atoms with E-state index in [2.05, 4.69) is 15.1 Å². The highest BCUT2D eigenvalue weighted by molar-refractivity contribution is 5.99. The summed E-state index contributed by atoms with van der Waals surface area (Å²) in [5.41, 5.74) is 1.61. The fourth-order valence-corrected chi connectivity index (χ4v) is 5.20. The van der Waals surface area contributed by atoms with E-state index in [1.807, 2.05) is 38.1 Å². The number of fused-ring (bicyclic) bond motifs is 1. The Bertz CT molecular complexity index is 900. The van der Waals surface area contributed by atoms with E-state index in [0.717, 1.165) is 51.4 Å². The number of piperazine rings is 1. The van der Waals surface area contributed by atoms with Crippen molar-refractivity contribution in [2.45, 2.75) is 44.9 Å². The van der Waals surface area contributed by atoms with E-state index in [-0.39, 0.29) is 36.2 Å². The normalized spacial score (nSPS) is 24.4. The van der Waals surface area contributed by atoms with Crippen molar-refractivity contribution < 1.29 is 23.9 Å². The number of likely N-dealkylation sites (tertiary alicyclic amines) is 1. The second kappa shape index (κ2) is 11.5. The van der Waals surface area contributed by atoms with E-state index >= 15 is 0 Å². The van der Waals surface area contributed by atoms with Crippen LogP contribution in [-0.4, -0.2) is 105 Å². The number of Topliss-reactive ketones (excluding diaryl/α,β-unsaturated/α-hetero) is 1. The largest absolute Gasteiger partial charge is 0.383 e. The summed E-state index contributed by atoms with van der Waals surface area (Å²) in [6.45, 7) is 10.0. The Hall–Kier alpha value is -2.49. The van der Waals surface area contributed by atoms with Crippen LogP contribution >= 0.6 is 0 Å². The van der Waals surface area contributed by atoms with Gasteiger partial charge in [-0.3, -0.25) is 19.3 Å². The van der Waals surface area contributed by atoms with Crippen molar-refractivity contribution in [3.63, 3.8) is 0 Å². The zero-order valence-corrected chi connectivity index (χ0v) is 21.1. The van der Waals surface area contributed by atoms with E-state index in [0.29, 0.717) is 18.5 Å². The molecule has 2 amide bonds. The molecule has 9 heteroatoms. The molecule has 3 aliphatic heterocycles. The molecule has 35 heavy (non-hydrogen) atoms. The Kier molecular flexibility index (Phi) is 8.41. The zero-order chi connectivity index (χ0) is 24.9. The van der Waals surface area contributed by atoms with Gasteiger partial charge in [-0.1, -0.05) is 20.3 Å². The topological polar surface area (TPSA) is 91.4 Å². The number of methoxy groups -OCH3 is 1. The van der Waals surface area contributed by atoms with E-state index in [1.54, 1.807) is 12.0 Å². The van der Waals surface area contributed by atoms with Crippen molar-refractivity contribution in [3.8, 4) is 0 Å². The predicted octanol–water partition coefficient (Wildman–Crippen LogP) is 1.17. The molecule has 3 fully saturated rings. The molecule has 0 spiro atoms. The SMILES string of the molecule is CCC(C)C(NC(=O)c1ccc(N2CCN(CCOC)CC2)cc1)C(=O)N1CC[C@H]2OCC(=O)[C@H]21. The van der Waals surface area contributed by atoms with Gasteiger partial charge >= 0.3 is 0 Å². The van der Waals surface area contributed by atoms with Crippen LogP contribution < -0.4 is 10.2 Å². The highest BCUT2D eigenvalue weighted by Gasteiger charge is 2.48. The van der Waals surface area contributed by atoms with Crippen LogP contribution in [0.5, 0.6) is 0 Å². The number of hydrogen-bond donors (Lipinski definition) is 1. The molecular weight excluding hydrogens is 448 g/mol. The minimum Gasteiger partial charge on any atom is -0.383 e. The van der Waals surface area contributed by atoms with Gasteiger partial charge in [0.1, 0.15) is 18.7 Å². The number of carbonyl (C=O) groups is 3.